The van der Waals surface area contributed by atoms with Gasteiger partial charge in [-0.05, 0) is 32.1 Å². The first kappa shape index (κ1) is 19.6. The third-order valence-electron chi connectivity index (χ3n) is 5.72. The van der Waals surface area contributed by atoms with E-state index in [9.17, 15) is 14.4 Å². The second kappa shape index (κ2) is 9.67. The molecule has 2 aliphatic rings. The number of benzene rings is 1. The van der Waals surface area contributed by atoms with Crippen molar-refractivity contribution in [1.29, 1.82) is 0 Å². The molecule has 1 heterocycles. The lowest BCUT2D eigenvalue weighted by Crippen LogP contribution is -2.49. The van der Waals surface area contributed by atoms with Crippen LogP contribution in [0.1, 0.15) is 74.6 Å². The molecule has 0 aromatic heterocycles. The highest BCUT2D eigenvalue weighted by Gasteiger charge is 2.34. The Kier molecular flexibility index (Phi) is 7.02. The molecular weight excluding hydrogens is 340 g/mol. The van der Waals surface area contributed by atoms with Crippen LogP contribution in [0, 0.1) is 0 Å². The van der Waals surface area contributed by atoms with Gasteiger partial charge in [0.15, 0.2) is 5.78 Å². The molecule has 1 aromatic rings. The van der Waals surface area contributed by atoms with Crippen molar-refractivity contribution in [3.05, 3.63) is 35.9 Å². The summed E-state index contributed by atoms with van der Waals surface area (Å²) in [5.74, 6) is 0.0710. The molecule has 0 bridgehead atoms. The van der Waals surface area contributed by atoms with Gasteiger partial charge < -0.3 is 10.2 Å². The highest BCUT2D eigenvalue weighted by Crippen LogP contribution is 2.22. The van der Waals surface area contributed by atoms with Crippen LogP contribution < -0.4 is 5.32 Å². The van der Waals surface area contributed by atoms with Gasteiger partial charge in [0.05, 0.1) is 0 Å². The molecule has 0 radical (unpaired) electrons. The number of Topliss-reactive ketones (excluding diaryl/α,β-unsaturated/α-hetero) is 1. The van der Waals surface area contributed by atoms with E-state index in [1.807, 2.05) is 18.2 Å². The number of ketones is 1. The third-order valence-corrected chi connectivity index (χ3v) is 5.72. The quantitative estimate of drug-likeness (QED) is 0.747. The normalized spacial score (nSPS) is 20.4. The van der Waals surface area contributed by atoms with Gasteiger partial charge in [-0.3, -0.25) is 14.4 Å². The zero-order chi connectivity index (χ0) is 19.1. The molecule has 0 unspecified atom stereocenters. The van der Waals surface area contributed by atoms with Crippen molar-refractivity contribution in [3.8, 4) is 0 Å². The first-order valence-corrected chi connectivity index (χ1v) is 10.3. The van der Waals surface area contributed by atoms with Crippen molar-refractivity contribution >= 4 is 17.6 Å². The van der Waals surface area contributed by atoms with Crippen LogP contribution in [0.25, 0.3) is 0 Å². The maximum absolute atomic E-state index is 12.6. The Labute approximate surface area is 161 Å². The molecule has 1 saturated carbocycles. The first-order valence-electron chi connectivity index (χ1n) is 10.3. The van der Waals surface area contributed by atoms with E-state index >= 15 is 0 Å². The average molecular weight is 370 g/mol. The van der Waals surface area contributed by atoms with Crippen LogP contribution in [0.5, 0.6) is 0 Å². The molecular formula is C22H30N2O3. The van der Waals surface area contributed by atoms with Gasteiger partial charge in [0, 0.05) is 31.0 Å². The molecule has 2 amide bonds. The van der Waals surface area contributed by atoms with E-state index in [0.29, 0.717) is 31.4 Å². The minimum atomic E-state index is -0.329. The second-order valence-electron chi connectivity index (χ2n) is 7.73. The predicted molar refractivity (Wildman–Crippen MR) is 104 cm³/mol. The summed E-state index contributed by atoms with van der Waals surface area (Å²) in [5, 5.41) is 3.15. The summed E-state index contributed by atoms with van der Waals surface area (Å²) in [5.41, 5.74) is 0.691. The van der Waals surface area contributed by atoms with Gasteiger partial charge in [-0.1, -0.05) is 49.6 Å². The van der Waals surface area contributed by atoms with Gasteiger partial charge in [-0.15, -0.1) is 0 Å². The summed E-state index contributed by atoms with van der Waals surface area (Å²) in [7, 11) is 0. The van der Waals surface area contributed by atoms with E-state index in [1.54, 1.807) is 17.0 Å². The Bertz CT molecular complexity index is 653. The van der Waals surface area contributed by atoms with E-state index < -0.39 is 0 Å². The molecule has 0 spiro atoms. The summed E-state index contributed by atoms with van der Waals surface area (Å²) in [4.78, 5) is 39.1. The fourth-order valence-electron chi connectivity index (χ4n) is 4.19. The van der Waals surface area contributed by atoms with E-state index in [4.69, 9.17) is 0 Å². The Morgan fingerprint density at radius 2 is 1.67 bits per heavy atom. The number of hydrogen-bond acceptors (Lipinski definition) is 3. The first-order chi connectivity index (χ1) is 13.1. The summed E-state index contributed by atoms with van der Waals surface area (Å²) in [6.45, 7) is 0.647. The Hall–Kier alpha value is -2.17. The number of hydrogen-bond donors (Lipinski definition) is 1. The fourth-order valence-corrected chi connectivity index (χ4v) is 4.19. The largest absolute Gasteiger partial charge is 0.352 e. The Morgan fingerprint density at radius 1 is 0.926 bits per heavy atom. The maximum Gasteiger partial charge on any atom is 0.243 e. The second-order valence-corrected chi connectivity index (χ2v) is 7.73. The fraction of sp³-hybridized carbons (Fsp3) is 0.591. The van der Waals surface area contributed by atoms with E-state index in [0.717, 1.165) is 25.7 Å². The molecule has 1 saturated heterocycles. The van der Waals surface area contributed by atoms with E-state index in [2.05, 4.69) is 5.32 Å². The number of nitrogens with one attached hydrogen (secondary N) is 1. The molecule has 1 aliphatic heterocycles. The Balaban J connectivity index is 1.45. The highest BCUT2D eigenvalue weighted by atomic mass is 16.2. The smallest absolute Gasteiger partial charge is 0.243 e. The number of likely N-dealkylation sites (tertiary alicyclic amines) is 1. The standard InChI is InChI=1S/C22H30N2O3/c25-20(17-9-3-1-4-10-17)14-7-15-21(26)24-16-8-13-19(24)22(27)23-18-11-5-2-6-12-18/h1,3-4,9-10,18-19H,2,5-8,11-16H2,(H,23,27)/t19-/m0/s1. The summed E-state index contributed by atoms with van der Waals surface area (Å²) in [6, 6.07) is 9.12. The molecule has 3 rings (SSSR count). The van der Waals surface area contributed by atoms with Crippen molar-refractivity contribution in [2.24, 2.45) is 0 Å². The highest BCUT2D eigenvalue weighted by molar-refractivity contribution is 5.96. The molecule has 5 heteroatoms. The van der Waals surface area contributed by atoms with E-state index in [-0.39, 0.29) is 29.7 Å². The summed E-state index contributed by atoms with van der Waals surface area (Å²) in [6.07, 6.45) is 8.53. The maximum atomic E-state index is 12.6. The van der Waals surface area contributed by atoms with E-state index in [1.165, 1.54) is 19.3 Å². The number of rotatable bonds is 7. The predicted octanol–water partition coefficient (Wildman–Crippen LogP) is 3.48. The van der Waals surface area contributed by atoms with Crippen molar-refractivity contribution in [1.82, 2.24) is 10.2 Å². The number of amides is 2. The van der Waals surface area contributed by atoms with Gasteiger partial charge in [0.2, 0.25) is 11.8 Å². The van der Waals surface area contributed by atoms with Crippen molar-refractivity contribution in [2.45, 2.75) is 76.3 Å². The van der Waals surface area contributed by atoms with Crippen molar-refractivity contribution in [2.75, 3.05) is 6.54 Å². The van der Waals surface area contributed by atoms with Crippen molar-refractivity contribution in [3.63, 3.8) is 0 Å². The minimum absolute atomic E-state index is 0.00263. The van der Waals surface area contributed by atoms with Crippen LogP contribution in [0.15, 0.2) is 30.3 Å². The molecule has 1 N–H and O–H groups in total. The molecule has 2 fully saturated rings. The van der Waals surface area contributed by atoms with Gasteiger partial charge in [0.1, 0.15) is 6.04 Å². The zero-order valence-corrected chi connectivity index (χ0v) is 16.0. The van der Waals surface area contributed by atoms with Crippen LogP contribution in [0.2, 0.25) is 0 Å². The number of carbonyl (C=O) groups excluding carboxylic acids is 3. The molecule has 1 aromatic carbocycles. The topological polar surface area (TPSA) is 66.5 Å². The average Bonchev–Trinajstić information content (AvgIpc) is 3.19. The summed E-state index contributed by atoms with van der Waals surface area (Å²) >= 11 is 0. The lowest BCUT2D eigenvalue weighted by atomic mass is 9.95. The van der Waals surface area contributed by atoms with Gasteiger partial charge >= 0.3 is 0 Å². The lowest BCUT2D eigenvalue weighted by Gasteiger charge is -2.28. The SMILES string of the molecule is O=C(CCCC(=O)N1CCC[C@H]1C(=O)NC1CCCCC1)c1ccccc1. The van der Waals surface area contributed by atoms with Crippen LogP contribution in [0.4, 0.5) is 0 Å². The minimum Gasteiger partial charge on any atom is -0.352 e. The van der Waals surface area contributed by atoms with Gasteiger partial charge in [-0.25, -0.2) is 0 Å². The monoisotopic (exact) mass is 370 g/mol. The van der Waals surface area contributed by atoms with Crippen LogP contribution in [0.3, 0.4) is 0 Å². The molecule has 1 atom stereocenters. The van der Waals surface area contributed by atoms with Gasteiger partial charge in [0.25, 0.3) is 0 Å². The van der Waals surface area contributed by atoms with Gasteiger partial charge in [-0.2, -0.15) is 0 Å². The van der Waals surface area contributed by atoms with Crippen LogP contribution >= 0.6 is 0 Å². The number of carbonyl (C=O) groups is 3. The van der Waals surface area contributed by atoms with Crippen molar-refractivity contribution < 1.29 is 14.4 Å². The van der Waals surface area contributed by atoms with Crippen LogP contribution in [-0.4, -0.2) is 41.1 Å². The summed E-state index contributed by atoms with van der Waals surface area (Å²) < 4.78 is 0. The number of nitrogens with zero attached hydrogens (tertiary/aromatic N) is 1. The zero-order valence-electron chi connectivity index (χ0n) is 16.0. The van der Waals surface area contributed by atoms with Crippen LogP contribution in [-0.2, 0) is 9.59 Å². The molecule has 27 heavy (non-hydrogen) atoms. The Morgan fingerprint density at radius 3 is 2.41 bits per heavy atom. The third kappa shape index (κ3) is 5.41. The molecule has 146 valence electrons. The molecule has 5 nitrogen and oxygen atoms in total. The lowest BCUT2D eigenvalue weighted by molar-refractivity contribution is -0.138. The molecule has 1 aliphatic carbocycles.